The predicted molar refractivity (Wildman–Crippen MR) is 125 cm³/mol. The van der Waals surface area contributed by atoms with Gasteiger partial charge >= 0.3 is 19.8 Å². The van der Waals surface area contributed by atoms with Crippen molar-refractivity contribution >= 4 is 31.4 Å². The molecule has 0 radical (unpaired) electrons. The van der Waals surface area contributed by atoms with E-state index in [-0.39, 0.29) is 44.7 Å². The zero-order chi connectivity index (χ0) is 26.0. The molecule has 1 saturated heterocycles. The fraction of sp³-hybridized carbons (Fsp3) is 0.727. The Kier molecular flexibility index (Phi) is 11.3. The summed E-state index contributed by atoms with van der Waals surface area (Å²) in [5, 5.41) is 8.85. The van der Waals surface area contributed by atoms with Crippen LogP contribution in [0.25, 0.3) is 0 Å². The molecule has 198 valence electrons. The summed E-state index contributed by atoms with van der Waals surface area (Å²) < 4.78 is 37.6. The first-order chi connectivity index (χ1) is 16.6. The molecule has 0 aromatic carbocycles. The van der Waals surface area contributed by atoms with E-state index in [0.29, 0.717) is 16.8 Å². The molecule has 0 aromatic heterocycles. The summed E-state index contributed by atoms with van der Waals surface area (Å²) in [6.45, 7) is 2.46. The van der Waals surface area contributed by atoms with Crippen LogP contribution in [0, 0.1) is 0 Å². The number of carbonyl (C=O) groups excluding carboxylic acids is 3. The van der Waals surface area contributed by atoms with Gasteiger partial charge in [-0.2, -0.15) is 0 Å². The minimum Gasteiger partial charge on any atom is -0.442 e. The molecule has 11 nitrogen and oxygen atoms in total. The SMILES string of the molecule is CCCCCCCC(=O)OP(=O)(O)N(CC1CN(C2=CCC(=NCCO)C(F)C2)C(=O)O1)C(C)=O. The van der Waals surface area contributed by atoms with Crippen molar-refractivity contribution in [1.29, 1.82) is 0 Å². The van der Waals surface area contributed by atoms with Crippen LogP contribution in [0.4, 0.5) is 9.18 Å². The van der Waals surface area contributed by atoms with Crippen LogP contribution < -0.4 is 0 Å². The van der Waals surface area contributed by atoms with Gasteiger partial charge in [0, 0.05) is 31.9 Å². The lowest BCUT2D eigenvalue weighted by atomic mass is 9.99. The zero-order valence-electron chi connectivity index (χ0n) is 20.2. The fourth-order valence-corrected chi connectivity index (χ4v) is 5.07. The molecule has 2 amide bonds. The molecule has 2 rings (SSSR count). The zero-order valence-corrected chi connectivity index (χ0v) is 21.1. The Morgan fingerprint density at radius 3 is 2.69 bits per heavy atom. The van der Waals surface area contributed by atoms with E-state index in [9.17, 15) is 28.2 Å². The topological polar surface area (TPSA) is 146 Å². The number of nitrogens with zero attached hydrogens (tertiary/aromatic N) is 3. The monoisotopic (exact) mass is 519 g/mol. The Labute approximate surface area is 204 Å². The molecule has 0 spiro atoms. The number of halogens is 1. The maximum atomic E-state index is 14.4. The number of cyclic esters (lactones) is 1. The molecular weight excluding hydrogens is 484 g/mol. The molecule has 1 aliphatic heterocycles. The lowest BCUT2D eigenvalue weighted by molar-refractivity contribution is -0.136. The number of carbonyl (C=O) groups is 3. The van der Waals surface area contributed by atoms with E-state index in [4.69, 9.17) is 14.4 Å². The van der Waals surface area contributed by atoms with Crippen molar-refractivity contribution in [3.05, 3.63) is 11.8 Å². The van der Waals surface area contributed by atoms with E-state index >= 15 is 0 Å². The molecule has 0 aromatic rings. The van der Waals surface area contributed by atoms with Crippen molar-refractivity contribution in [3.8, 4) is 0 Å². The average Bonchev–Trinajstić information content (AvgIpc) is 3.16. The average molecular weight is 520 g/mol. The highest BCUT2D eigenvalue weighted by molar-refractivity contribution is 7.51. The summed E-state index contributed by atoms with van der Waals surface area (Å²) >= 11 is 0. The standard InChI is InChI=1S/C22H35FN3O8P/c1-3-4-5-6-7-8-21(29)34-35(31,32)26(16(2)28)15-18-14-25(22(30)33-18)17-9-10-20(19(23)13-17)24-11-12-27/h9,18-19,27H,3-8,10-15H2,1-2H3,(H,31,32). The number of aliphatic hydroxyl groups is 1. The molecule has 0 saturated carbocycles. The first-order valence-corrected chi connectivity index (χ1v) is 13.4. The third-order valence-corrected chi connectivity index (χ3v) is 7.18. The maximum Gasteiger partial charge on any atom is 0.490 e. The van der Waals surface area contributed by atoms with E-state index in [2.05, 4.69) is 11.9 Å². The molecule has 35 heavy (non-hydrogen) atoms. The molecule has 1 fully saturated rings. The quantitative estimate of drug-likeness (QED) is 0.279. The van der Waals surface area contributed by atoms with Crippen molar-refractivity contribution in [2.45, 2.75) is 77.5 Å². The lowest BCUT2D eigenvalue weighted by Gasteiger charge is -2.27. The van der Waals surface area contributed by atoms with Gasteiger partial charge in [-0.15, -0.1) is 0 Å². The number of hydrogen-bond donors (Lipinski definition) is 2. The Balaban J connectivity index is 1.97. The van der Waals surface area contributed by atoms with Crippen molar-refractivity contribution in [2.75, 3.05) is 26.2 Å². The smallest absolute Gasteiger partial charge is 0.442 e. The van der Waals surface area contributed by atoms with Crippen molar-refractivity contribution < 1.29 is 42.6 Å². The van der Waals surface area contributed by atoms with Crippen LogP contribution >= 0.6 is 7.75 Å². The van der Waals surface area contributed by atoms with Gasteiger partial charge in [-0.3, -0.25) is 24.4 Å². The highest BCUT2D eigenvalue weighted by atomic mass is 31.2. The van der Waals surface area contributed by atoms with E-state index in [1.54, 1.807) is 6.08 Å². The number of allylic oxidation sites excluding steroid dienone is 2. The minimum atomic E-state index is -4.82. The van der Waals surface area contributed by atoms with Crippen LogP contribution in [0.2, 0.25) is 0 Å². The predicted octanol–water partition coefficient (Wildman–Crippen LogP) is 3.11. The van der Waals surface area contributed by atoms with Gasteiger partial charge in [0.1, 0.15) is 12.3 Å². The molecule has 2 aliphatic rings. The summed E-state index contributed by atoms with van der Waals surface area (Å²) in [5.41, 5.74) is 0.659. The Bertz CT molecular complexity index is 881. The number of aliphatic imine (C=N–C) groups is 1. The summed E-state index contributed by atoms with van der Waals surface area (Å²) in [4.78, 5) is 52.0. The molecule has 0 bridgehead atoms. The van der Waals surface area contributed by atoms with Crippen LogP contribution in [-0.2, 0) is 23.4 Å². The molecule has 2 N–H and O–H groups in total. The number of hydrogen-bond acceptors (Lipinski definition) is 8. The van der Waals surface area contributed by atoms with Crippen LogP contribution in [0.1, 0.15) is 65.2 Å². The van der Waals surface area contributed by atoms with E-state index < -0.39 is 44.5 Å². The number of aliphatic hydroxyl groups excluding tert-OH is 1. The Morgan fingerprint density at radius 1 is 1.34 bits per heavy atom. The summed E-state index contributed by atoms with van der Waals surface area (Å²) in [7, 11) is -4.82. The van der Waals surface area contributed by atoms with Gasteiger partial charge in [0.2, 0.25) is 5.91 Å². The van der Waals surface area contributed by atoms with Gasteiger partial charge in [-0.25, -0.2) is 18.4 Å². The normalized spacial score (nSPS) is 23.0. The second-order valence-corrected chi connectivity index (χ2v) is 10.2. The van der Waals surface area contributed by atoms with Gasteiger partial charge in [0.25, 0.3) is 0 Å². The van der Waals surface area contributed by atoms with E-state index in [1.165, 1.54) is 4.90 Å². The van der Waals surface area contributed by atoms with Crippen LogP contribution in [0.5, 0.6) is 0 Å². The lowest BCUT2D eigenvalue weighted by Crippen LogP contribution is -2.37. The van der Waals surface area contributed by atoms with Crippen LogP contribution in [0.3, 0.4) is 0 Å². The van der Waals surface area contributed by atoms with Gasteiger partial charge in [0.05, 0.1) is 32.0 Å². The van der Waals surface area contributed by atoms with Gasteiger partial charge < -0.3 is 14.4 Å². The van der Waals surface area contributed by atoms with Gasteiger partial charge in [-0.1, -0.05) is 38.7 Å². The highest BCUT2D eigenvalue weighted by Crippen LogP contribution is 2.47. The fourth-order valence-electron chi connectivity index (χ4n) is 3.87. The summed E-state index contributed by atoms with van der Waals surface area (Å²) in [6, 6.07) is 0. The second-order valence-electron chi connectivity index (χ2n) is 8.50. The first-order valence-electron chi connectivity index (χ1n) is 11.9. The number of unbranched alkanes of at least 4 members (excludes halogenated alkanes) is 4. The van der Waals surface area contributed by atoms with Crippen LogP contribution in [-0.4, -0.2) is 81.8 Å². The van der Waals surface area contributed by atoms with Crippen LogP contribution in [0.15, 0.2) is 16.8 Å². The van der Waals surface area contributed by atoms with Gasteiger partial charge in [0.15, 0.2) is 0 Å². The number of ether oxygens (including phenoxy) is 1. The third-order valence-electron chi connectivity index (χ3n) is 5.68. The highest BCUT2D eigenvalue weighted by Gasteiger charge is 2.42. The van der Waals surface area contributed by atoms with Crippen molar-refractivity contribution in [1.82, 2.24) is 9.57 Å². The Hall–Kier alpha value is -2.30. The third kappa shape index (κ3) is 8.70. The minimum absolute atomic E-state index is 0.0473. The molecule has 3 atom stereocenters. The summed E-state index contributed by atoms with van der Waals surface area (Å²) in [6.07, 6.45) is 2.78. The summed E-state index contributed by atoms with van der Waals surface area (Å²) in [5.74, 6) is -1.71. The molecule has 1 aliphatic carbocycles. The number of amides is 2. The number of rotatable bonds is 13. The number of alkyl halides is 1. The maximum absolute atomic E-state index is 14.4. The van der Waals surface area contributed by atoms with E-state index in [1.807, 2.05) is 0 Å². The first kappa shape index (κ1) is 28.9. The molecule has 3 unspecified atom stereocenters. The van der Waals surface area contributed by atoms with Gasteiger partial charge in [-0.05, 0) is 6.42 Å². The second kappa shape index (κ2) is 13.7. The molecule has 13 heteroatoms. The molecule has 1 heterocycles. The van der Waals surface area contributed by atoms with E-state index in [0.717, 1.165) is 32.6 Å². The largest absolute Gasteiger partial charge is 0.490 e. The van der Waals surface area contributed by atoms with Crippen molar-refractivity contribution in [2.24, 2.45) is 4.99 Å². The molecular formula is C22H35FN3O8P. The Morgan fingerprint density at radius 2 is 2.06 bits per heavy atom. The van der Waals surface area contributed by atoms with Crippen molar-refractivity contribution in [3.63, 3.8) is 0 Å².